The Kier molecular flexibility index (Phi) is 1.82. The van der Waals surface area contributed by atoms with Crippen molar-refractivity contribution in [2.75, 3.05) is 6.16 Å². The van der Waals surface area contributed by atoms with E-state index in [0.29, 0.717) is 5.41 Å². The summed E-state index contributed by atoms with van der Waals surface area (Å²) in [5.41, 5.74) is 0.706. The molecule has 4 saturated carbocycles. The molecule has 0 radical (unpaired) electrons. The predicted molar refractivity (Wildman–Crippen MR) is 59.7 cm³/mol. The van der Waals surface area contributed by atoms with Gasteiger partial charge in [-0.05, 0) is 67.4 Å². The molecule has 0 aromatic carbocycles. The molecule has 0 aromatic heterocycles. The summed E-state index contributed by atoms with van der Waals surface area (Å²) in [6.45, 7) is 2.56. The first-order chi connectivity index (χ1) is 6.22. The van der Waals surface area contributed by atoms with Gasteiger partial charge in [-0.25, -0.2) is 0 Å². The van der Waals surface area contributed by atoms with Gasteiger partial charge in [-0.15, -0.1) is 9.24 Å². The van der Waals surface area contributed by atoms with Crippen molar-refractivity contribution in [2.24, 2.45) is 29.1 Å². The largest absolute Gasteiger partial charge is 0.137 e. The van der Waals surface area contributed by atoms with E-state index in [0.717, 1.165) is 23.7 Å². The minimum Gasteiger partial charge on any atom is -0.137 e. The van der Waals surface area contributed by atoms with E-state index >= 15 is 0 Å². The Labute approximate surface area is 84.1 Å². The lowest BCUT2D eigenvalue weighted by atomic mass is 9.46. The molecule has 4 bridgehead atoms. The van der Waals surface area contributed by atoms with E-state index in [-0.39, 0.29) is 0 Å². The normalized spacial score (nSPS) is 58.6. The average molecular weight is 196 g/mol. The molecule has 4 aliphatic carbocycles. The van der Waals surface area contributed by atoms with Crippen LogP contribution in [0.2, 0.25) is 0 Å². The first kappa shape index (κ1) is 8.72. The molecule has 1 heteroatoms. The Morgan fingerprint density at radius 3 is 1.85 bits per heavy atom. The van der Waals surface area contributed by atoms with Crippen LogP contribution in [0.15, 0.2) is 0 Å². The number of hydrogen-bond acceptors (Lipinski definition) is 0. The second kappa shape index (κ2) is 2.72. The first-order valence-corrected chi connectivity index (χ1v) is 6.74. The molecule has 0 saturated heterocycles. The summed E-state index contributed by atoms with van der Waals surface area (Å²) in [4.78, 5) is 0. The lowest BCUT2D eigenvalue weighted by molar-refractivity contribution is -0.0848. The Hall–Kier alpha value is 0.430. The Bertz CT molecular complexity index is 193. The van der Waals surface area contributed by atoms with Gasteiger partial charge in [0.25, 0.3) is 0 Å². The molecular formula is C12H21P. The molecule has 1 unspecified atom stereocenters. The predicted octanol–water partition coefficient (Wildman–Crippen LogP) is 3.32. The average Bonchev–Trinajstić information content (AvgIpc) is 2.13. The van der Waals surface area contributed by atoms with Crippen LogP contribution in [0.4, 0.5) is 0 Å². The van der Waals surface area contributed by atoms with Gasteiger partial charge >= 0.3 is 0 Å². The fourth-order valence-electron chi connectivity index (χ4n) is 4.59. The highest BCUT2D eigenvalue weighted by atomic mass is 31.0. The van der Waals surface area contributed by atoms with Crippen molar-refractivity contribution in [1.82, 2.24) is 0 Å². The summed E-state index contributed by atoms with van der Waals surface area (Å²) in [6, 6.07) is 0. The summed E-state index contributed by atoms with van der Waals surface area (Å²) in [5.74, 6) is 4.43. The maximum Gasteiger partial charge on any atom is -0.0234 e. The number of hydrogen-bond donors (Lipinski definition) is 0. The summed E-state index contributed by atoms with van der Waals surface area (Å²) in [7, 11) is 3.01. The van der Waals surface area contributed by atoms with Gasteiger partial charge in [0.05, 0.1) is 0 Å². The van der Waals surface area contributed by atoms with Crippen LogP contribution in [-0.4, -0.2) is 6.16 Å². The van der Waals surface area contributed by atoms with Gasteiger partial charge in [-0.2, -0.15) is 0 Å². The third kappa shape index (κ3) is 1.08. The molecule has 0 aliphatic heterocycles. The van der Waals surface area contributed by atoms with Gasteiger partial charge in [0, 0.05) is 0 Å². The van der Waals surface area contributed by atoms with E-state index in [1.807, 2.05) is 0 Å². The fourth-order valence-corrected chi connectivity index (χ4v) is 5.26. The molecule has 0 amide bonds. The van der Waals surface area contributed by atoms with Crippen LogP contribution in [0, 0.1) is 29.1 Å². The van der Waals surface area contributed by atoms with Gasteiger partial charge in [0.2, 0.25) is 0 Å². The van der Waals surface area contributed by atoms with E-state index in [9.17, 15) is 0 Å². The Balaban J connectivity index is 1.93. The molecule has 0 heterocycles. The topological polar surface area (TPSA) is 0 Å². The van der Waals surface area contributed by atoms with Gasteiger partial charge in [0.15, 0.2) is 0 Å². The molecule has 4 aliphatic rings. The van der Waals surface area contributed by atoms with Crippen LogP contribution >= 0.6 is 9.24 Å². The lowest BCUT2D eigenvalue weighted by Crippen LogP contribution is -2.52. The van der Waals surface area contributed by atoms with Crippen LogP contribution in [0.3, 0.4) is 0 Å². The zero-order chi connectivity index (χ0) is 9.05. The Morgan fingerprint density at radius 1 is 1.00 bits per heavy atom. The van der Waals surface area contributed by atoms with E-state index < -0.39 is 0 Å². The highest BCUT2D eigenvalue weighted by Crippen LogP contribution is 2.62. The van der Waals surface area contributed by atoms with Gasteiger partial charge in [-0.3, -0.25) is 0 Å². The standard InChI is InChI=1S/C12H21P/c1-12(7-13)10-3-8-2-9(5-10)6-11(12)4-8/h8-11H,2-7,13H2,1H3. The first-order valence-electron chi connectivity index (χ1n) is 5.92. The van der Waals surface area contributed by atoms with Gasteiger partial charge in [-0.1, -0.05) is 6.92 Å². The van der Waals surface area contributed by atoms with Crippen molar-refractivity contribution in [3.05, 3.63) is 0 Å². The van der Waals surface area contributed by atoms with Crippen molar-refractivity contribution >= 4 is 9.24 Å². The minimum atomic E-state index is 0.706. The molecule has 4 rings (SSSR count). The van der Waals surface area contributed by atoms with E-state index in [1.54, 1.807) is 32.1 Å². The second-order valence-electron chi connectivity index (χ2n) is 6.01. The molecular weight excluding hydrogens is 175 g/mol. The SMILES string of the molecule is CC1(CP)C2CC3CC(C2)CC1C3. The molecule has 1 atom stereocenters. The van der Waals surface area contributed by atoms with Crippen molar-refractivity contribution in [3.8, 4) is 0 Å². The van der Waals surface area contributed by atoms with E-state index in [4.69, 9.17) is 0 Å². The van der Waals surface area contributed by atoms with Crippen molar-refractivity contribution in [2.45, 2.75) is 39.0 Å². The van der Waals surface area contributed by atoms with Crippen LogP contribution < -0.4 is 0 Å². The third-order valence-electron chi connectivity index (χ3n) is 5.44. The third-order valence-corrected chi connectivity index (χ3v) is 6.32. The second-order valence-corrected chi connectivity index (χ2v) is 6.42. The number of rotatable bonds is 1. The minimum absolute atomic E-state index is 0.706. The summed E-state index contributed by atoms with van der Waals surface area (Å²) in [5, 5.41) is 0. The fraction of sp³-hybridized carbons (Fsp3) is 1.00. The van der Waals surface area contributed by atoms with Crippen molar-refractivity contribution in [1.29, 1.82) is 0 Å². The zero-order valence-electron chi connectivity index (χ0n) is 8.63. The highest BCUT2D eigenvalue weighted by molar-refractivity contribution is 7.16. The van der Waals surface area contributed by atoms with Crippen LogP contribution in [0.5, 0.6) is 0 Å². The Morgan fingerprint density at radius 2 is 1.46 bits per heavy atom. The van der Waals surface area contributed by atoms with Gasteiger partial charge < -0.3 is 0 Å². The zero-order valence-corrected chi connectivity index (χ0v) is 9.78. The molecule has 0 aromatic rings. The quantitative estimate of drug-likeness (QED) is 0.564. The molecule has 0 nitrogen and oxygen atoms in total. The smallest absolute Gasteiger partial charge is 0.0234 e. The monoisotopic (exact) mass is 196 g/mol. The van der Waals surface area contributed by atoms with E-state index in [2.05, 4.69) is 16.2 Å². The van der Waals surface area contributed by atoms with Crippen LogP contribution in [-0.2, 0) is 0 Å². The lowest BCUT2D eigenvalue weighted by Gasteiger charge is -2.60. The molecule has 0 spiro atoms. The van der Waals surface area contributed by atoms with Crippen molar-refractivity contribution < 1.29 is 0 Å². The van der Waals surface area contributed by atoms with Crippen molar-refractivity contribution in [3.63, 3.8) is 0 Å². The summed E-state index contributed by atoms with van der Waals surface area (Å²) in [6.07, 6.45) is 9.20. The summed E-state index contributed by atoms with van der Waals surface area (Å²) < 4.78 is 0. The maximum absolute atomic E-state index is 3.01. The summed E-state index contributed by atoms with van der Waals surface area (Å²) >= 11 is 0. The highest BCUT2D eigenvalue weighted by Gasteiger charge is 2.53. The molecule has 74 valence electrons. The van der Waals surface area contributed by atoms with Gasteiger partial charge in [0.1, 0.15) is 0 Å². The molecule has 13 heavy (non-hydrogen) atoms. The van der Waals surface area contributed by atoms with E-state index in [1.165, 1.54) is 6.16 Å². The van der Waals surface area contributed by atoms with Crippen LogP contribution in [0.25, 0.3) is 0 Å². The maximum atomic E-state index is 3.01. The van der Waals surface area contributed by atoms with Crippen LogP contribution in [0.1, 0.15) is 39.0 Å². The molecule has 4 fully saturated rings. The molecule has 0 N–H and O–H groups in total.